The predicted molar refractivity (Wildman–Crippen MR) is 83.2 cm³/mol. The zero-order valence-corrected chi connectivity index (χ0v) is 12.5. The molecular weight excluding hydrogens is 278 g/mol. The number of carbonyl (C=O) groups is 1. The van der Waals surface area contributed by atoms with Gasteiger partial charge in [0.15, 0.2) is 0 Å². The quantitative estimate of drug-likeness (QED) is 0.629. The van der Waals surface area contributed by atoms with Crippen LogP contribution in [0.5, 0.6) is 5.75 Å². The Morgan fingerprint density at radius 1 is 1.37 bits per heavy atom. The van der Waals surface area contributed by atoms with Crippen molar-refractivity contribution >= 4 is 40.3 Å². The Morgan fingerprint density at radius 2 is 2.05 bits per heavy atom. The lowest BCUT2D eigenvalue weighted by Gasteiger charge is -2.04. The molecule has 1 aliphatic heterocycles. The number of likely N-dealkylation sites (N-methyl/N-ethyl adjacent to an activating group) is 1. The van der Waals surface area contributed by atoms with E-state index in [-0.39, 0.29) is 5.91 Å². The van der Waals surface area contributed by atoms with Crippen LogP contribution in [0.15, 0.2) is 29.2 Å². The number of ether oxygens (including phenoxy) is 1. The molecule has 100 valence electrons. The summed E-state index contributed by atoms with van der Waals surface area (Å²) in [6, 6.07) is 7.70. The van der Waals surface area contributed by atoms with Gasteiger partial charge in [-0.25, -0.2) is 0 Å². The topological polar surface area (TPSA) is 29.5 Å². The standard InChI is InChI=1S/C14H15NO2S2/c1-3-8-17-11-6-4-10(5-7-11)9-12-13(16)15(2)14(18)19-12/h4-7,9H,3,8H2,1-2H3/b12-9+. The Kier molecular flexibility index (Phi) is 4.61. The normalized spacial score (nSPS) is 17.4. The summed E-state index contributed by atoms with van der Waals surface area (Å²) in [5.41, 5.74) is 0.970. The number of benzene rings is 1. The van der Waals surface area contributed by atoms with Gasteiger partial charge < -0.3 is 4.74 Å². The molecule has 0 unspecified atom stereocenters. The van der Waals surface area contributed by atoms with Crippen LogP contribution in [-0.2, 0) is 4.79 Å². The molecule has 1 aromatic rings. The monoisotopic (exact) mass is 293 g/mol. The van der Waals surface area contributed by atoms with E-state index in [1.165, 1.54) is 16.7 Å². The molecule has 0 bridgehead atoms. The fourth-order valence-corrected chi connectivity index (χ4v) is 2.76. The first-order valence-corrected chi connectivity index (χ1v) is 7.28. The number of hydrogen-bond acceptors (Lipinski definition) is 4. The molecule has 0 radical (unpaired) electrons. The Hall–Kier alpha value is -1.33. The van der Waals surface area contributed by atoms with Crippen LogP contribution in [0.4, 0.5) is 0 Å². The van der Waals surface area contributed by atoms with Crippen LogP contribution in [0.2, 0.25) is 0 Å². The molecular formula is C14H15NO2S2. The van der Waals surface area contributed by atoms with Crippen molar-refractivity contribution in [2.24, 2.45) is 0 Å². The van der Waals surface area contributed by atoms with E-state index >= 15 is 0 Å². The van der Waals surface area contributed by atoms with Crippen molar-refractivity contribution in [3.8, 4) is 5.75 Å². The highest BCUT2D eigenvalue weighted by atomic mass is 32.2. The highest BCUT2D eigenvalue weighted by Gasteiger charge is 2.28. The second-order valence-electron chi connectivity index (χ2n) is 4.16. The molecule has 0 aromatic heterocycles. The summed E-state index contributed by atoms with van der Waals surface area (Å²) < 4.78 is 6.11. The first kappa shape index (κ1) is 14.1. The van der Waals surface area contributed by atoms with Gasteiger partial charge >= 0.3 is 0 Å². The molecule has 5 heteroatoms. The van der Waals surface area contributed by atoms with E-state index in [2.05, 4.69) is 6.92 Å². The van der Waals surface area contributed by atoms with E-state index in [1.54, 1.807) is 7.05 Å². The number of amides is 1. The van der Waals surface area contributed by atoms with Crippen LogP contribution in [0.3, 0.4) is 0 Å². The van der Waals surface area contributed by atoms with E-state index in [0.717, 1.165) is 17.7 Å². The van der Waals surface area contributed by atoms with E-state index in [0.29, 0.717) is 15.8 Å². The van der Waals surface area contributed by atoms with E-state index in [9.17, 15) is 4.79 Å². The first-order valence-electron chi connectivity index (χ1n) is 6.06. The smallest absolute Gasteiger partial charge is 0.265 e. The molecule has 2 rings (SSSR count). The molecule has 1 heterocycles. The van der Waals surface area contributed by atoms with E-state index < -0.39 is 0 Å². The summed E-state index contributed by atoms with van der Waals surface area (Å²) in [7, 11) is 1.69. The van der Waals surface area contributed by atoms with Crippen molar-refractivity contribution < 1.29 is 9.53 Å². The molecule has 1 fully saturated rings. The summed E-state index contributed by atoms with van der Waals surface area (Å²) in [6.45, 7) is 2.79. The third-order valence-electron chi connectivity index (χ3n) is 2.64. The van der Waals surface area contributed by atoms with E-state index in [4.69, 9.17) is 17.0 Å². The zero-order chi connectivity index (χ0) is 13.8. The predicted octanol–water partition coefficient (Wildman–Crippen LogP) is 3.31. The fraction of sp³-hybridized carbons (Fsp3) is 0.286. The van der Waals surface area contributed by atoms with Gasteiger partial charge in [-0.1, -0.05) is 43.0 Å². The summed E-state index contributed by atoms with van der Waals surface area (Å²) in [5.74, 6) is 0.809. The summed E-state index contributed by atoms with van der Waals surface area (Å²) in [5, 5.41) is 0. The Balaban J connectivity index is 2.11. The molecule has 0 aliphatic carbocycles. The molecule has 19 heavy (non-hydrogen) atoms. The number of hydrogen-bond donors (Lipinski definition) is 0. The van der Waals surface area contributed by atoms with Gasteiger partial charge in [0.1, 0.15) is 10.1 Å². The van der Waals surface area contributed by atoms with Gasteiger partial charge in [-0.2, -0.15) is 0 Å². The molecule has 3 nitrogen and oxygen atoms in total. The Morgan fingerprint density at radius 3 is 2.58 bits per heavy atom. The van der Waals surface area contributed by atoms with Crippen molar-refractivity contribution in [3.63, 3.8) is 0 Å². The SMILES string of the molecule is CCCOc1ccc(/C=C2/SC(=S)N(C)C2=O)cc1. The Labute approximate surface area is 122 Å². The maximum absolute atomic E-state index is 11.9. The third kappa shape index (κ3) is 3.36. The number of thiocarbonyl (C=S) groups is 1. The van der Waals surface area contributed by atoms with Crippen molar-refractivity contribution in [1.29, 1.82) is 0 Å². The largest absolute Gasteiger partial charge is 0.494 e. The second-order valence-corrected chi connectivity index (χ2v) is 5.83. The molecule has 0 N–H and O–H groups in total. The Bertz CT molecular complexity index is 523. The van der Waals surface area contributed by atoms with Gasteiger partial charge in [0.05, 0.1) is 11.5 Å². The average molecular weight is 293 g/mol. The first-order chi connectivity index (χ1) is 9.11. The van der Waals surface area contributed by atoms with Gasteiger partial charge in [0.2, 0.25) is 0 Å². The van der Waals surface area contributed by atoms with Crippen molar-refractivity contribution in [1.82, 2.24) is 4.90 Å². The highest BCUT2D eigenvalue weighted by molar-refractivity contribution is 8.26. The third-order valence-corrected chi connectivity index (χ3v) is 4.12. The highest BCUT2D eigenvalue weighted by Crippen LogP contribution is 2.31. The molecule has 0 atom stereocenters. The second kappa shape index (κ2) is 6.21. The lowest BCUT2D eigenvalue weighted by Crippen LogP contribution is -2.22. The minimum atomic E-state index is -0.0405. The van der Waals surface area contributed by atoms with Gasteiger partial charge in [-0.15, -0.1) is 0 Å². The number of thioether (sulfide) groups is 1. The van der Waals surface area contributed by atoms with Gasteiger partial charge in [-0.05, 0) is 30.2 Å². The molecule has 0 saturated carbocycles. The van der Waals surface area contributed by atoms with Crippen LogP contribution in [0, 0.1) is 0 Å². The number of nitrogens with zero attached hydrogens (tertiary/aromatic N) is 1. The zero-order valence-electron chi connectivity index (χ0n) is 10.9. The van der Waals surface area contributed by atoms with Crippen LogP contribution in [0.1, 0.15) is 18.9 Å². The molecule has 1 saturated heterocycles. The summed E-state index contributed by atoms with van der Waals surface area (Å²) in [6.07, 6.45) is 2.84. The average Bonchev–Trinajstić information content (AvgIpc) is 2.66. The lowest BCUT2D eigenvalue weighted by atomic mass is 10.2. The van der Waals surface area contributed by atoms with Gasteiger partial charge in [0.25, 0.3) is 5.91 Å². The van der Waals surface area contributed by atoms with Crippen molar-refractivity contribution in [3.05, 3.63) is 34.7 Å². The van der Waals surface area contributed by atoms with Crippen LogP contribution in [-0.4, -0.2) is 28.8 Å². The molecule has 1 aromatic carbocycles. The molecule has 0 spiro atoms. The van der Waals surface area contributed by atoms with Crippen LogP contribution < -0.4 is 4.74 Å². The van der Waals surface area contributed by atoms with Crippen LogP contribution >= 0.6 is 24.0 Å². The maximum Gasteiger partial charge on any atom is 0.265 e. The lowest BCUT2D eigenvalue weighted by molar-refractivity contribution is -0.121. The fourth-order valence-electron chi connectivity index (χ4n) is 1.58. The molecule has 1 aliphatic rings. The van der Waals surface area contributed by atoms with Gasteiger partial charge in [0, 0.05) is 7.05 Å². The molecule has 1 amide bonds. The van der Waals surface area contributed by atoms with Gasteiger partial charge in [-0.3, -0.25) is 9.69 Å². The minimum Gasteiger partial charge on any atom is -0.494 e. The van der Waals surface area contributed by atoms with Crippen molar-refractivity contribution in [2.45, 2.75) is 13.3 Å². The number of carbonyl (C=O) groups excluding carboxylic acids is 1. The minimum absolute atomic E-state index is 0.0405. The number of rotatable bonds is 4. The van der Waals surface area contributed by atoms with Crippen molar-refractivity contribution in [2.75, 3.05) is 13.7 Å². The van der Waals surface area contributed by atoms with E-state index in [1.807, 2.05) is 30.3 Å². The van der Waals surface area contributed by atoms with Crippen LogP contribution in [0.25, 0.3) is 6.08 Å². The summed E-state index contributed by atoms with van der Waals surface area (Å²) >= 11 is 6.42. The maximum atomic E-state index is 11.9. The summed E-state index contributed by atoms with van der Waals surface area (Å²) in [4.78, 5) is 14.0.